The van der Waals surface area contributed by atoms with Gasteiger partial charge < -0.3 is 4.90 Å². The predicted molar refractivity (Wildman–Crippen MR) is 81.4 cm³/mol. The van der Waals surface area contributed by atoms with Crippen LogP contribution in [0.1, 0.15) is 62.8 Å². The summed E-state index contributed by atoms with van der Waals surface area (Å²) in [6.07, 6.45) is 3.46. The molecule has 0 saturated carbocycles. The molecule has 1 aromatic heterocycles. The van der Waals surface area contributed by atoms with E-state index in [-0.39, 0.29) is 5.41 Å². The van der Waals surface area contributed by atoms with Crippen molar-refractivity contribution in [3.05, 3.63) is 10.6 Å². The first kappa shape index (κ1) is 14.5. The molecular weight excluding hydrogens is 256 g/mol. The van der Waals surface area contributed by atoms with Crippen LogP contribution in [0.3, 0.4) is 0 Å². The number of hydrogen-bond acceptors (Lipinski definition) is 4. The van der Waals surface area contributed by atoms with E-state index in [4.69, 9.17) is 4.98 Å². The molecule has 0 aromatic carbocycles. The molecule has 0 aliphatic carbocycles. The second-order valence-corrected chi connectivity index (χ2v) is 7.64. The summed E-state index contributed by atoms with van der Waals surface area (Å²) in [5.74, 6) is 0.690. The van der Waals surface area contributed by atoms with Crippen LogP contribution in [0.15, 0.2) is 0 Å². The second-order valence-electron chi connectivity index (χ2n) is 6.63. The molecule has 1 fully saturated rings. The van der Waals surface area contributed by atoms with Crippen LogP contribution >= 0.6 is 11.3 Å². The largest absolute Gasteiger partial charge is 0.345 e. The van der Waals surface area contributed by atoms with Crippen LogP contribution in [-0.2, 0) is 5.41 Å². The standard InChI is InChI=1S/C15H24N2OS/c1-10-7-6-8-17(11(10)2)14-16-13(15(3,4)5)12(9-18)19-14/h9-11H,6-8H2,1-5H3. The fourth-order valence-corrected chi connectivity index (χ4v) is 3.87. The van der Waals surface area contributed by atoms with Crippen LogP contribution in [0.4, 0.5) is 5.13 Å². The molecule has 0 N–H and O–H groups in total. The summed E-state index contributed by atoms with van der Waals surface area (Å²) in [6, 6.07) is 0.507. The molecule has 1 saturated heterocycles. The van der Waals surface area contributed by atoms with Gasteiger partial charge in [-0.25, -0.2) is 4.98 Å². The van der Waals surface area contributed by atoms with Gasteiger partial charge in [-0.1, -0.05) is 39.0 Å². The van der Waals surface area contributed by atoms with Crippen molar-refractivity contribution in [1.29, 1.82) is 0 Å². The Morgan fingerprint density at radius 3 is 2.58 bits per heavy atom. The Kier molecular flexibility index (Phi) is 4.00. The zero-order valence-electron chi connectivity index (χ0n) is 12.6. The van der Waals surface area contributed by atoms with Crippen LogP contribution in [0, 0.1) is 5.92 Å². The van der Waals surface area contributed by atoms with Gasteiger partial charge in [0.1, 0.15) is 0 Å². The second kappa shape index (κ2) is 5.23. The van der Waals surface area contributed by atoms with E-state index in [1.165, 1.54) is 12.8 Å². The van der Waals surface area contributed by atoms with Gasteiger partial charge in [-0.2, -0.15) is 0 Å². The van der Waals surface area contributed by atoms with Gasteiger partial charge in [0.05, 0.1) is 10.6 Å². The van der Waals surface area contributed by atoms with E-state index in [9.17, 15) is 4.79 Å². The average molecular weight is 280 g/mol. The van der Waals surface area contributed by atoms with Crippen molar-refractivity contribution < 1.29 is 4.79 Å². The van der Waals surface area contributed by atoms with E-state index >= 15 is 0 Å². The summed E-state index contributed by atoms with van der Waals surface area (Å²) >= 11 is 1.55. The van der Waals surface area contributed by atoms with E-state index in [1.54, 1.807) is 11.3 Å². The summed E-state index contributed by atoms with van der Waals surface area (Å²) in [6.45, 7) is 12.0. The first-order valence-electron chi connectivity index (χ1n) is 7.07. The fraction of sp³-hybridized carbons (Fsp3) is 0.733. The lowest BCUT2D eigenvalue weighted by Gasteiger charge is -2.37. The molecule has 0 amide bonds. The first-order chi connectivity index (χ1) is 8.84. The summed E-state index contributed by atoms with van der Waals surface area (Å²) in [5, 5.41) is 1.02. The van der Waals surface area contributed by atoms with Crippen molar-refractivity contribution >= 4 is 22.8 Å². The molecule has 0 bridgehead atoms. The van der Waals surface area contributed by atoms with E-state index in [1.807, 2.05) is 0 Å². The molecule has 3 nitrogen and oxygen atoms in total. The van der Waals surface area contributed by atoms with Crippen LogP contribution in [0.2, 0.25) is 0 Å². The number of aldehydes is 1. The maximum atomic E-state index is 11.3. The highest BCUT2D eigenvalue weighted by atomic mass is 32.1. The van der Waals surface area contributed by atoms with Gasteiger partial charge in [0.2, 0.25) is 0 Å². The fourth-order valence-electron chi connectivity index (χ4n) is 2.67. The van der Waals surface area contributed by atoms with Crippen molar-refractivity contribution in [1.82, 2.24) is 4.98 Å². The molecule has 1 aliphatic rings. The summed E-state index contributed by atoms with van der Waals surface area (Å²) in [5.41, 5.74) is 0.864. The molecular formula is C15H24N2OS. The number of anilines is 1. The van der Waals surface area contributed by atoms with Gasteiger partial charge in [0.25, 0.3) is 0 Å². The molecule has 0 spiro atoms. The Morgan fingerprint density at radius 2 is 2.05 bits per heavy atom. The average Bonchev–Trinajstić information content (AvgIpc) is 2.76. The van der Waals surface area contributed by atoms with Crippen molar-refractivity contribution in [2.45, 2.75) is 58.9 Å². The lowest BCUT2D eigenvalue weighted by atomic mass is 9.91. The molecule has 19 heavy (non-hydrogen) atoms. The number of nitrogens with zero attached hydrogens (tertiary/aromatic N) is 2. The molecule has 2 rings (SSSR count). The number of rotatable bonds is 2. The quantitative estimate of drug-likeness (QED) is 0.771. The Balaban J connectivity index is 2.35. The van der Waals surface area contributed by atoms with Gasteiger partial charge in [-0.15, -0.1) is 0 Å². The zero-order chi connectivity index (χ0) is 14.2. The number of thiazole rings is 1. The molecule has 106 valence electrons. The van der Waals surface area contributed by atoms with Gasteiger partial charge >= 0.3 is 0 Å². The normalized spacial score (nSPS) is 24.6. The minimum Gasteiger partial charge on any atom is -0.345 e. The Morgan fingerprint density at radius 1 is 1.37 bits per heavy atom. The van der Waals surface area contributed by atoms with E-state index in [0.717, 1.165) is 28.5 Å². The number of piperidine rings is 1. The maximum absolute atomic E-state index is 11.3. The first-order valence-corrected chi connectivity index (χ1v) is 7.89. The molecule has 2 unspecified atom stereocenters. The van der Waals surface area contributed by atoms with Crippen LogP contribution in [-0.4, -0.2) is 23.9 Å². The van der Waals surface area contributed by atoms with Crippen molar-refractivity contribution in [3.8, 4) is 0 Å². The van der Waals surface area contributed by atoms with E-state index in [2.05, 4.69) is 39.5 Å². The highest BCUT2D eigenvalue weighted by Crippen LogP contribution is 2.36. The topological polar surface area (TPSA) is 33.2 Å². The number of aromatic nitrogens is 1. The molecule has 1 aromatic rings. The molecule has 2 atom stereocenters. The third kappa shape index (κ3) is 2.83. The molecule has 1 aliphatic heterocycles. The number of hydrogen-bond donors (Lipinski definition) is 0. The van der Waals surface area contributed by atoms with Crippen LogP contribution in [0.5, 0.6) is 0 Å². The highest BCUT2D eigenvalue weighted by molar-refractivity contribution is 7.17. The Labute approximate surface area is 120 Å². The van der Waals surface area contributed by atoms with Gasteiger partial charge in [0, 0.05) is 18.0 Å². The SMILES string of the molecule is CC1CCCN(c2nc(C(C)(C)C)c(C=O)s2)C1C. The minimum absolute atomic E-state index is 0.0738. The van der Waals surface area contributed by atoms with E-state index in [0.29, 0.717) is 12.0 Å². The van der Waals surface area contributed by atoms with Crippen molar-refractivity contribution in [2.75, 3.05) is 11.4 Å². The van der Waals surface area contributed by atoms with Gasteiger partial charge in [-0.05, 0) is 25.7 Å². The third-order valence-corrected chi connectivity index (χ3v) is 5.10. The smallest absolute Gasteiger partial charge is 0.186 e. The number of carbonyl (C=O) groups excluding carboxylic acids is 1. The highest BCUT2D eigenvalue weighted by Gasteiger charge is 2.30. The molecule has 0 radical (unpaired) electrons. The third-order valence-electron chi connectivity index (χ3n) is 4.08. The monoisotopic (exact) mass is 280 g/mol. The molecule has 2 heterocycles. The van der Waals surface area contributed by atoms with Crippen LogP contribution in [0.25, 0.3) is 0 Å². The zero-order valence-corrected chi connectivity index (χ0v) is 13.4. The lowest BCUT2D eigenvalue weighted by molar-refractivity contribution is 0.112. The number of carbonyl (C=O) groups is 1. The Hall–Kier alpha value is -0.900. The predicted octanol–water partition coefficient (Wildman–Crippen LogP) is 3.88. The Bertz CT molecular complexity index is 461. The van der Waals surface area contributed by atoms with Gasteiger partial charge in [-0.3, -0.25) is 4.79 Å². The van der Waals surface area contributed by atoms with Gasteiger partial charge in [0.15, 0.2) is 11.4 Å². The molecule has 4 heteroatoms. The van der Waals surface area contributed by atoms with E-state index < -0.39 is 0 Å². The maximum Gasteiger partial charge on any atom is 0.186 e. The summed E-state index contributed by atoms with van der Waals surface area (Å²) < 4.78 is 0. The van der Waals surface area contributed by atoms with Crippen molar-refractivity contribution in [3.63, 3.8) is 0 Å². The minimum atomic E-state index is -0.0738. The lowest BCUT2D eigenvalue weighted by Crippen LogP contribution is -2.42. The van der Waals surface area contributed by atoms with Crippen LogP contribution < -0.4 is 4.90 Å². The van der Waals surface area contributed by atoms with Crippen molar-refractivity contribution in [2.24, 2.45) is 5.92 Å². The summed E-state index contributed by atoms with van der Waals surface area (Å²) in [7, 11) is 0. The summed E-state index contributed by atoms with van der Waals surface area (Å²) in [4.78, 5) is 19.2.